The second-order valence-corrected chi connectivity index (χ2v) is 10.3. The maximum absolute atomic E-state index is 6.85. The summed E-state index contributed by atoms with van der Waals surface area (Å²) in [5.74, 6) is 1.79. The minimum atomic E-state index is -0.482. The molecule has 0 saturated carbocycles. The molecular weight excluding hydrogens is 514 g/mol. The first kappa shape index (κ1) is 24.1. The highest BCUT2D eigenvalue weighted by molar-refractivity contribution is 6.26. The topological polar surface area (TPSA) is 99.4 Å². The third-order valence-electron chi connectivity index (χ3n) is 7.56. The van der Waals surface area contributed by atoms with Crippen LogP contribution in [0.5, 0.6) is 0 Å². The van der Waals surface area contributed by atoms with Crippen LogP contribution in [0, 0.1) is 6.92 Å². The van der Waals surface area contributed by atoms with Gasteiger partial charge in [-0.2, -0.15) is 4.99 Å². The number of aryl methyl sites for hydroxylation is 1. The van der Waals surface area contributed by atoms with Crippen molar-refractivity contribution in [1.82, 2.24) is 24.5 Å². The van der Waals surface area contributed by atoms with Gasteiger partial charge in [-0.3, -0.25) is 4.40 Å². The molecular formula is C28H28ClN9O. The maximum atomic E-state index is 6.85. The van der Waals surface area contributed by atoms with E-state index in [9.17, 15) is 0 Å². The fourth-order valence-electron chi connectivity index (χ4n) is 5.44. The average Bonchev–Trinajstić information content (AvgIpc) is 3.61. The molecule has 39 heavy (non-hydrogen) atoms. The van der Waals surface area contributed by atoms with Crippen molar-refractivity contribution in [3.8, 4) is 0 Å². The molecule has 5 heterocycles. The lowest BCUT2D eigenvalue weighted by Crippen LogP contribution is -2.46. The first-order valence-corrected chi connectivity index (χ1v) is 13.6. The van der Waals surface area contributed by atoms with Gasteiger partial charge in [-0.1, -0.05) is 13.0 Å². The number of fused-ring (bicyclic) bond motifs is 4. The molecule has 0 amide bonds. The molecule has 2 aliphatic heterocycles. The van der Waals surface area contributed by atoms with Gasteiger partial charge < -0.3 is 19.5 Å². The molecule has 1 atom stereocenters. The van der Waals surface area contributed by atoms with Crippen LogP contribution in [0.15, 0.2) is 57.1 Å². The molecule has 0 spiro atoms. The van der Waals surface area contributed by atoms with E-state index in [1.54, 1.807) is 6.33 Å². The molecule has 4 aromatic rings. The Kier molecular flexibility index (Phi) is 5.93. The number of piperazine rings is 1. The third-order valence-corrected chi connectivity index (χ3v) is 8.00. The van der Waals surface area contributed by atoms with Crippen molar-refractivity contribution in [2.75, 3.05) is 42.9 Å². The number of nitrogens with one attached hydrogen (secondary N) is 1. The summed E-state index contributed by atoms with van der Waals surface area (Å²) in [7, 11) is 0. The van der Waals surface area contributed by atoms with Crippen molar-refractivity contribution in [2.45, 2.75) is 25.8 Å². The van der Waals surface area contributed by atoms with E-state index < -0.39 is 5.38 Å². The molecule has 11 heteroatoms. The highest BCUT2D eigenvalue weighted by Gasteiger charge is 2.26. The number of nitrogens with zero attached hydrogens (tertiary/aromatic N) is 8. The Morgan fingerprint density at radius 1 is 1.10 bits per heavy atom. The van der Waals surface area contributed by atoms with E-state index in [1.807, 2.05) is 23.5 Å². The van der Waals surface area contributed by atoms with Crippen molar-refractivity contribution in [3.05, 3.63) is 76.3 Å². The standard InChI is InChI=1S/C28H28ClN9O/c1-3-36-10-12-37(13-11-36)20-6-4-19(5-7-20)33-28-30-15-18-14-22(27-35-31-16-38(27)26(18)34-28)21-8-9-23-25(24(21)29)39-17(2)32-23/h4-9,14,16,24H,3,10-13,15H2,1-2H3,(H,30,33). The summed E-state index contributed by atoms with van der Waals surface area (Å²) in [6, 6.07) is 10.5. The summed E-state index contributed by atoms with van der Waals surface area (Å²) in [6.07, 6.45) is 5.58. The first-order valence-electron chi connectivity index (χ1n) is 13.2. The Morgan fingerprint density at radius 3 is 2.72 bits per heavy atom. The van der Waals surface area contributed by atoms with Gasteiger partial charge in [0, 0.05) is 55.3 Å². The lowest BCUT2D eigenvalue weighted by Gasteiger charge is -2.35. The Balaban J connectivity index is 1.18. The zero-order valence-electron chi connectivity index (χ0n) is 21.8. The van der Waals surface area contributed by atoms with E-state index in [2.05, 4.69) is 67.6 Å². The predicted molar refractivity (Wildman–Crippen MR) is 152 cm³/mol. The van der Waals surface area contributed by atoms with Gasteiger partial charge in [-0.15, -0.1) is 21.8 Å². The molecule has 0 bridgehead atoms. The number of anilines is 2. The number of rotatable bonds is 3. The minimum Gasteiger partial charge on any atom is -0.443 e. The summed E-state index contributed by atoms with van der Waals surface area (Å²) in [5, 5.41) is 12.3. The molecule has 10 nitrogen and oxygen atoms in total. The summed E-state index contributed by atoms with van der Waals surface area (Å²) >= 11 is 6.85. The van der Waals surface area contributed by atoms with Crippen molar-refractivity contribution in [3.63, 3.8) is 0 Å². The van der Waals surface area contributed by atoms with E-state index in [0.717, 1.165) is 65.9 Å². The van der Waals surface area contributed by atoms with Crippen LogP contribution in [0.1, 0.15) is 35.2 Å². The summed E-state index contributed by atoms with van der Waals surface area (Å²) in [6.45, 7) is 9.93. The third kappa shape index (κ3) is 4.29. The Hall–Kier alpha value is -4.02. The number of guanidine groups is 1. The quantitative estimate of drug-likeness (QED) is 0.398. The smallest absolute Gasteiger partial charge is 0.224 e. The fraction of sp³-hybridized carbons (Fsp3) is 0.321. The summed E-state index contributed by atoms with van der Waals surface area (Å²) in [5.41, 5.74) is 6.22. The van der Waals surface area contributed by atoms with Crippen molar-refractivity contribution >= 4 is 46.2 Å². The number of likely N-dealkylation sites (N-methyl/N-ethyl adjacent to an activating group) is 1. The number of allylic oxidation sites excluding steroid dienone is 1. The zero-order valence-corrected chi connectivity index (χ0v) is 22.6. The van der Waals surface area contributed by atoms with Crippen LogP contribution in [-0.2, 0) is 6.54 Å². The Bertz CT molecular complexity index is 1740. The lowest BCUT2D eigenvalue weighted by molar-refractivity contribution is 0.271. The van der Waals surface area contributed by atoms with E-state index in [0.29, 0.717) is 29.8 Å². The molecule has 1 N–H and O–H groups in total. The monoisotopic (exact) mass is 541 g/mol. The molecule has 198 valence electrons. The number of benzene rings is 1. The molecule has 3 aromatic heterocycles. The molecule has 1 saturated heterocycles. The van der Waals surface area contributed by atoms with Gasteiger partial charge in [0.05, 0.1) is 6.54 Å². The minimum absolute atomic E-state index is 0.471. The largest absolute Gasteiger partial charge is 0.443 e. The second-order valence-electron chi connectivity index (χ2n) is 9.91. The molecule has 1 fully saturated rings. The van der Waals surface area contributed by atoms with Gasteiger partial charge in [0.25, 0.3) is 0 Å². The van der Waals surface area contributed by atoms with Gasteiger partial charge in [-0.25, -0.2) is 9.98 Å². The zero-order chi connectivity index (χ0) is 26.5. The number of halogens is 1. The number of oxazole rings is 1. The van der Waals surface area contributed by atoms with Crippen LogP contribution < -0.4 is 20.9 Å². The highest BCUT2D eigenvalue weighted by atomic mass is 35.5. The number of aliphatic imine (C=N–C) groups is 1. The summed E-state index contributed by atoms with van der Waals surface area (Å²) < 4.78 is 7.68. The van der Waals surface area contributed by atoms with Crippen molar-refractivity contribution in [2.24, 2.45) is 9.98 Å². The number of aromatic nitrogens is 4. The van der Waals surface area contributed by atoms with Crippen LogP contribution in [-0.4, -0.2) is 63.2 Å². The molecule has 1 aromatic carbocycles. The number of hydrogen-bond acceptors (Lipinski definition) is 9. The van der Waals surface area contributed by atoms with Crippen molar-refractivity contribution in [1.29, 1.82) is 0 Å². The van der Waals surface area contributed by atoms with E-state index in [4.69, 9.17) is 26.0 Å². The summed E-state index contributed by atoms with van der Waals surface area (Å²) in [4.78, 5) is 18.9. The van der Waals surface area contributed by atoms with Crippen molar-refractivity contribution < 1.29 is 4.42 Å². The second kappa shape index (κ2) is 9.62. The number of pyridine rings is 1. The molecule has 1 unspecified atom stereocenters. The number of hydrogen-bond donors (Lipinski definition) is 1. The molecule has 0 radical (unpaired) electrons. The van der Waals surface area contributed by atoms with Crippen LogP contribution in [0.2, 0.25) is 0 Å². The van der Waals surface area contributed by atoms with Crippen LogP contribution in [0.25, 0.3) is 17.3 Å². The average molecular weight is 542 g/mol. The molecule has 7 rings (SSSR count). The number of alkyl halides is 1. The SMILES string of the molecule is CCN1CCN(c2ccc(NC3=NCc4cc(=C5C=Cc6nc(C)oc6C5Cl)c5nncn5c4=N3)cc2)CC1. The normalized spacial score (nSPS) is 20.4. The predicted octanol–water partition coefficient (Wildman–Crippen LogP) is 2.93. The van der Waals surface area contributed by atoms with Crippen LogP contribution in [0.4, 0.5) is 11.4 Å². The van der Waals surface area contributed by atoms with Crippen LogP contribution >= 0.6 is 11.6 Å². The van der Waals surface area contributed by atoms with E-state index in [1.165, 1.54) is 5.69 Å². The fourth-order valence-corrected chi connectivity index (χ4v) is 5.78. The van der Waals surface area contributed by atoms with Gasteiger partial charge in [0.15, 0.2) is 17.3 Å². The lowest BCUT2D eigenvalue weighted by atomic mass is 10.00. The highest BCUT2D eigenvalue weighted by Crippen LogP contribution is 2.37. The van der Waals surface area contributed by atoms with Gasteiger partial charge >= 0.3 is 0 Å². The Labute approximate surface area is 230 Å². The van der Waals surface area contributed by atoms with Gasteiger partial charge in [-0.05, 0) is 48.5 Å². The van der Waals surface area contributed by atoms with Gasteiger partial charge in [0.1, 0.15) is 22.9 Å². The first-order chi connectivity index (χ1) is 19.1. The Morgan fingerprint density at radius 2 is 1.92 bits per heavy atom. The molecule has 3 aliphatic rings. The maximum Gasteiger partial charge on any atom is 0.224 e. The van der Waals surface area contributed by atoms with Crippen LogP contribution in [0.3, 0.4) is 0 Å². The van der Waals surface area contributed by atoms with E-state index in [-0.39, 0.29) is 0 Å². The van der Waals surface area contributed by atoms with E-state index >= 15 is 0 Å². The molecule has 1 aliphatic carbocycles. The van der Waals surface area contributed by atoms with Gasteiger partial charge in [0.2, 0.25) is 5.96 Å².